The lowest BCUT2D eigenvalue weighted by atomic mass is 9.79. The van der Waals surface area contributed by atoms with Crippen molar-refractivity contribution in [1.82, 2.24) is 9.62 Å². The van der Waals surface area contributed by atoms with E-state index in [0.29, 0.717) is 12.0 Å². The summed E-state index contributed by atoms with van der Waals surface area (Å²) in [6.07, 6.45) is 11.5. The summed E-state index contributed by atoms with van der Waals surface area (Å²) >= 11 is 0. The molecule has 1 heterocycles. The van der Waals surface area contributed by atoms with Crippen LogP contribution in [0.1, 0.15) is 62.0 Å². The fourth-order valence-electron chi connectivity index (χ4n) is 4.87. The monoisotopic (exact) mass is 391 g/mol. The van der Waals surface area contributed by atoms with Crippen LogP contribution < -0.4 is 4.72 Å². The van der Waals surface area contributed by atoms with E-state index < -0.39 is 10.0 Å². The number of hydrogen-bond acceptors (Lipinski definition) is 3. The van der Waals surface area contributed by atoms with Gasteiger partial charge in [-0.1, -0.05) is 43.5 Å². The van der Waals surface area contributed by atoms with Crippen molar-refractivity contribution in [1.29, 1.82) is 5.41 Å². The van der Waals surface area contributed by atoms with Gasteiger partial charge in [0.1, 0.15) is 0 Å². The molecular weight excluding hydrogens is 358 g/mol. The fraction of sp³-hybridized carbons (Fsp3) is 0.667. The predicted octanol–water partition coefficient (Wildman–Crippen LogP) is 3.51. The quantitative estimate of drug-likeness (QED) is 0.828. The van der Waals surface area contributed by atoms with Crippen molar-refractivity contribution in [3.8, 4) is 0 Å². The van der Waals surface area contributed by atoms with Crippen LogP contribution >= 0.6 is 0 Å². The zero-order valence-corrected chi connectivity index (χ0v) is 17.4. The summed E-state index contributed by atoms with van der Waals surface area (Å²) in [5.41, 5.74) is 3.07. The summed E-state index contributed by atoms with van der Waals surface area (Å²) in [5, 5.41) is 8.49. The van der Waals surface area contributed by atoms with Crippen molar-refractivity contribution in [2.24, 2.45) is 5.92 Å². The van der Waals surface area contributed by atoms with Gasteiger partial charge < -0.3 is 4.90 Å². The van der Waals surface area contributed by atoms with E-state index in [9.17, 15) is 8.42 Å². The van der Waals surface area contributed by atoms with Crippen molar-refractivity contribution in [3.63, 3.8) is 0 Å². The first-order chi connectivity index (χ1) is 12.9. The minimum absolute atomic E-state index is 0.589. The molecule has 0 amide bonds. The van der Waals surface area contributed by atoms with Crippen LogP contribution in [0.3, 0.4) is 0 Å². The normalized spacial score (nSPS) is 25.4. The van der Waals surface area contributed by atoms with E-state index in [0.717, 1.165) is 31.0 Å². The van der Waals surface area contributed by atoms with E-state index >= 15 is 0 Å². The zero-order chi connectivity index (χ0) is 19.4. The van der Waals surface area contributed by atoms with Gasteiger partial charge in [-0.3, -0.25) is 5.41 Å². The van der Waals surface area contributed by atoms with Crippen molar-refractivity contribution < 1.29 is 8.42 Å². The standard InChI is InChI=1S/C19H26N2.C2H7NO2S/c20-19-12-17-16-9-5-4-8-15(16)10-11-18(17)21(19)13-14-6-2-1-3-7-14;1-3-6(2,4)5/h4-5,8-9,14,17-18,20H,1-3,6-7,10-13H2;3H,1-2H3. The van der Waals surface area contributed by atoms with E-state index in [1.54, 1.807) is 0 Å². The van der Waals surface area contributed by atoms with Crippen molar-refractivity contribution in [2.75, 3.05) is 19.8 Å². The minimum atomic E-state index is -2.91. The number of likely N-dealkylation sites (tertiary alicyclic amines) is 1. The molecule has 4 rings (SSSR count). The third kappa shape index (κ3) is 5.11. The summed E-state index contributed by atoms with van der Waals surface area (Å²) < 4.78 is 21.9. The number of sulfonamides is 1. The smallest absolute Gasteiger partial charge is 0.208 e. The van der Waals surface area contributed by atoms with Gasteiger partial charge in [-0.15, -0.1) is 0 Å². The maximum atomic E-state index is 9.89. The molecule has 2 unspecified atom stereocenters. The number of nitrogens with zero attached hydrogens (tertiary/aromatic N) is 1. The molecule has 1 aromatic carbocycles. The molecule has 1 aromatic rings. The first-order valence-corrected chi connectivity index (χ1v) is 12.1. The van der Waals surface area contributed by atoms with Crippen molar-refractivity contribution in [3.05, 3.63) is 35.4 Å². The van der Waals surface area contributed by atoms with E-state index in [2.05, 4.69) is 33.9 Å². The first-order valence-electron chi connectivity index (χ1n) is 10.2. The Labute approximate surface area is 164 Å². The van der Waals surface area contributed by atoms with Crippen LogP contribution in [0, 0.1) is 11.3 Å². The lowest BCUT2D eigenvalue weighted by Crippen LogP contribution is -2.40. The second-order valence-corrected chi connectivity index (χ2v) is 10.1. The molecule has 2 N–H and O–H groups in total. The van der Waals surface area contributed by atoms with Gasteiger partial charge in [-0.2, -0.15) is 0 Å². The van der Waals surface area contributed by atoms with Gasteiger partial charge >= 0.3 is 0 Å². The number of aryl methyl sites for hydroxylation is 1. The molecule has 0 radical (unpaired) electrons. The van der Waals surface area contributed by atoms with Gasteiger partial charge in [0, 0.05) is 24.9 Å². The van der Waals surface area contributed by atoms with Crippen molar-refractivity contribution >= 4 is 15.9 Å². The molecule has 2 aliphatic carbocycles. The molecule has 2 atom stereocenters. The second kappa shape index (κ2) is 8.74. The molecule has 1 saturated heterocycles. The van der Waals surface area contributed by atoms with Crippen LogP contribution in [0.15, 0.2) is 24.3 Å². The Balaban J connectivity index is 0.000000307. The number of amidine groups is 1. The summed E-state index contributed by atoms with van der Waals surface area (Å²) in [6.45, 7) is 1.15. The maximum absolute atomic E-state index is 9.89. The van der Waals surface area contributed by atoms with E-state index in [1.807, 2.05) is 0 Å². The van der Waals surface area contributed by atoms with Gasteiger partial charge in [0.25, 0.3) is 0 Å². The van der Waals surface area contributed by atoms with Crippen LogP contribution in [-0.2, 0) is 16.4 Å². The van der Waals surface area contributed by atoms with Gasteiger partial charge in [0.05, 0.1) is 12.1 Å². The van der Waals surface area contributed by atoms with Crippen LogP contribution in [0.4, 0.5) is 0 Å². The Morgan fingerprint density at radius 3 is 2.48 bits per heavy atom. The third-order valence-electron chi connectivity index (χ3n) is 6.34. The largest absolute Gasteiger partial charge is 0.357 e. The Bertz CT molecular complexity index is 756. The summed E-state index contributed by atoms with van der Waals surface area (Å²) in [7, 11) is -1.54. The number of rotatable bonds is 3. The topological polar surface area (TPSA) is 73.3 Å². The van der Waals surface area contributed by atoms with Crippen LogP contribution in [0.25, 0.3) is 0 Å². The predicted molar refractivity (Wildman–Crippen MR) is 111 cm³/mol. The lowest BCUT2D eigenvalue weighted by molar-refractivity contribution is 0.220. The molecular formula is C21H33N3O2S. The highest BCUT2D eigenvalue weighted by Gasteiger charge is 2.41. The molecule has 6 heteroatoms. The van der Waals surface area contributed by atoms with Gasteiger partial charge in [0.15, 0.2) is 0 Å². The fourth-order valence-corrected chi connectivity index (χ4v) is 4.87. The average molecular weight is 392 g/mol. The molecule has 1 saturated carbocycles. The van der Waals surface area contributed by atoms with E-state index in [4.69, 9.17) is 5.41 Å². The third-order valence-corrected chi connectivity index (χ3v) is 7.08. The first kappa shape index (κ1) is 20.3. The van der Waals surface area contributed by atoms with Crippen LogP contribution in [0.2, 0.25) is 0 Å². The Kier molecular flexibility index (Phi) is 6.58. The molecule has 3 aliphatic rings. The minimum Gasteiger partial charge on any atom is -0.357 e. The van der Waals surface area contributed by atoms with Gasteiger partial charge in [-0.05, 0) is 49.8 Å². The van der Waals surface area contributed by atoms with Gasteiger partial charge in [-0.25, -0.2) is 13.1 Å². The number of hydrogen-bond donors (Lipinski definition) is 2. The van der Waals surface area contributed by atoms with E-state index in [1.165, 1.54) is 63.1 Å². The number of nitrogens with one attached hydrogen (secondary N) is 2. The molecule has 27 heavy (non-hydrogen) atoms. The SMILES string of the molecule is CNS(C)(=O)=O.N=C1CC2c3ccccc3CCC2N1CC1CCCCC1. The molecule has 0 bridgehead atoms. The molecule has 5 nitrogen and oxygen atoms in total. The highest BCUT2D eigenvalue weighted by molar-refractivity contribution is 7.88. The lowest BCUT2D eigenvalue weighted by Gasteiger charge is -2.36. The Hall–Kier alpha value is -1.40. The summed E-state index contributed by atoms with van der Waals surface area (Å²) in [4.78, 5) is 2.48. The zero-order valence-electron chi connectivity index (χ0n) is 16.6. The molecule has 0 aromatic heterocycles. The Morgan fingerprint density at radius 2 is 1.81 bits per heavy atom. The van der Waals surface area contributed by atoms with Crippen LogP contribution in [0.5, 0.6) is 0 Å². The molecule has 150 valence electrons. The number of fused-ring (bicyclic) bond motifs is 3. The number of benzene rings is 1. The van der Waals surface area contributed by atoms with Crippen LogP contribution in [-0.4, -0.2) is 45.0 Å². The van der Waals surface area contributed by atoms with Crippen molar-refractivity contribution in [2.45, 2.75) is 63.3 Å². The molecule has 0 spiro atoms. The maximum Gasteiger partial charge on any atom is 0.208 e. The summed E-state index contributed by atoms with van der Waals surface area (Å²) in [5.74, 6) is 2.34. The summed E-state index contributed by atoms with van der Waals surface area (Å²) in [6, 6.07) is 9.55. The Morgan fingerprint density at radius 1 is 1.15 bits per heavy atom. The molecule has 2 fully saturated rings. The second-order valence-electron chi connectivity index (χ2n) is 8.19. The van der Waals surface area contributed by atoms with E-state index in [-0.39, 0.29) is 0 Å². The average Bonchev–Trinajstić information content (AvgIpc) is 2.98. The van der Waals surface area contributed by atoms with Gasteiger partial charge in [0.2, 0.25) is 10.0 Å². The highest BCUT2D eigenvalue weighted by atomic mass is 32.2. The molecule has 1 aliphatic heterocycles. The highest BCUT2D eigenvalue weighted by Crippen LogP contribution is 2.43.